The zero-order valence-corrected chi connectivity index (χ0v) is 15.5. The third kappa shape index (κ3) is 5.95. The maximum Gasteiger partial charge on any atom is 0.573 e. The molecule has 0 amide bonds. The predicted octanol–water partition coefficient (Wildman–Crippen LogP) is 5.75. The maximum atomic E-state index is 12.4. The molecular formula is C19H20ClF3N2O. The van der Waals surface area contributed by atoms with E-state index < -0.39 is 6.36 Å². The molecule has 140 valence electrons. The highest BCUT2D eigenvalue weighted by Gasteiger charge is 2.31. The molecule has 0 radical (unpaired) electrons. The van der Waals surface area contributed by atoms with Gasteiger partial charge in [0.25, 0.3) is 0 Å². The van der Waals surface area contributed by atoms with Gasteiger partial charge in [-0.1, -0.05) is 23.7 Å². The van der Waals surface area contributed by atoms with Crippen molar-refractivity contribution in [3.05, 3.63) is 58.1 Å². The highest BCUT2D eigenvalue weighted by atomic mass is 35.5. The minimum atomic E-state index is -4.71. The van der Waals surface area contributed by atoms with E-state index in [9.17, 15) is 13.2 Å². The van der Waals surface area contributed by atoms with Gasteiger partial charge in [0.2, 0.25) is 0 Å². The van der Waals surface area contributed by atoms with Crippen LogP contribution in [0.25, 0.3) is 0 Å². The van der Waals surface area contributed by atoms with Crippen LogP contribution in [0.2, 0.25) is 5.02 Å². The van der Waals surface area contributed by atoms with E-state index in [0.717, 1.165) is 23.4 Å². The molecule has 2 aromatic rings. The summed E-state index contributed by atoms with van der Waals surface area (Å²) in [5.41, 5.74) is 3.25. The minimum absolute atomic E-state index is 0.238. The third-order valence-corrected chi connectivity index (χ3v) is 4.09. The lowest BCUT2D eigenvalue weighted by Gasteiger charge is -2.13. The summed E-state index contributed by atoms with van der Waals surface area (Å²) in [6, 6.07) is 9.50. The van der Waals surface area contributed by atoms with E-state index in [1.165, 1.54) is 18.2 Å². The van der Waals surface area contributed by atoms with E-state index in [2.05, 4.69) is 9.73 Å². The maximum absolute atomic E-state index is 12.4. The first-order valence-corrected chi connectivity index (χ1v) is 8.44. The molecule has 0 heterocycles. The molecule has 0 bridgehead atoms. The summed E-state index contributed by atoms with van der Waals surface area (Å²) < 4.78 is 41.1. The standard InChI is InChI=1S/C19H20ClF3N2O/c1-4-25(3)12-24-18-11-16(20)10-15(13(18)2)8-14-6-5-7-17(9-14)26-19(21,22)23/h5-7,9-12H,4,8H2,1-3H3. The Balaban J connectivity index is 2.28. The van der Waals surface area contributed by atoms with Crippen molar-refractivity contribution in [2.75, 3.05) is 13.6 Å². The first kappa shape index (κ1) is 20.1. The van der Waals surface area contributed by atoms with Gasteiger partial charge in [-0.2, -0.15) is 0 Å². The number of ether oxygens (including phenoxy) is 1. The molecule has 0 aliphatic heterocycles. The van der Waals surface area contributed by atoms with Crippen LogP contribution in [0, 0.1) is 6.92 Å². The highest BCUT2D eigenvalue weighted by Crippen LogP contribution is 2.30. The van der Waals surface area contributed by atoms with Crippen molar-refractivity contribution < 1.29 is 17.9 Å². The van der Waals surface area contributed by atoms with E-state index in [1.807, 2.05) is 25.8 Å². The van der Waals surface area contributed by atoms with Gasteiger partial charge in [0.05, 0.1) is 12.0 Å². The summed E-state index contributed by atoms with van der Waals surface area (Å²) in [6.07, 6.45) is -2.56. The quantitative estimate of drug-likeness (QED) is 0.468. The fraction of sp³-hybridized carbons (Fsp3) is 0.316. The second-order valence-electron chi connectivity index (χ2n) is 5.90. The van der Waals surface area contributed by atoms with Crippen LogP contribution >= 0.6 is 11.6 Å². The Hall–Kier alpha value is -2.21. The molecule has 0 aliphatic carbocycles. The molecule has 0 aliphatic rings. The van der Waals surface area contributed by atoms with Crippen molar-refractivity contribution in [1.29, 1.82) is 0 Å². The molecule has 0 atom stereocenters. The summed E-state index contributed by atoms with van der Waals surface area (Å²) in [5, 5.41) is 0.527. The number of benzene rings is 2. The van der Waals surface area contributed by atoms with Crippen molar-refractivity contribution >= 4 is 23.6 Å². The van der Waals surface area contributed by atoms with Gasteiger partial charge in [-0.05, 0) is 61.2 Å². The Morgan fingerprint density at radius 1 is 1.23 bits per heavy atom. The van der Waals surface area contributed by atoms with Crippen LogP contribution in [0.15, 0.2) is 41.4 Å². The summed E-state index contributed by atoms with van der Waals surface area (Å²) >= 11 is 6.19. The van der Waals surface area contributed by atoms with Crippen LogP contribution in [-0.4, -0.2) is 31.2 Å². The van der Waals surface area contributed by atoms with E-state index in [1.54, 1.807) is 24.5 Å². The Bertz CT molecular complexity index is 791. The van der Waals surface area contributed by atoms with Gasteiger partial charge < -0.3 is 9.64 Å². The van der Waals surface area contributed by atoms with Crippen LogP contribution < -0.4 is 4.74 Å². The van der Waals surface area contributed by atoms with Crippen molar-refractivity contribution in [1.82, 2.24) is 4.90 Å². The van der Waals surface area contributed by atoms with Gasteiger partial charge >= 0.3 is 6.36 Å². The molecule has 0 N–H and O–H groups in total. The zero-order valence-electron chi connectivity index (χ0n) is 14.8. The van der Waals surface area contributed by atoms with Crippen LogP contribution in [0.3, 0.4) is 0 Å². The average Bonchev–Trinajstić information content (AvgIpc) is 2.55. The lowest BCUT2D eigenvalue weighted by molar-refractivity contribution is -0.274. The highest BCUT2D eigenvalue weighted by molar-refractivity contribution is 6.31. The van der Waals surface area contributed by atoms with E-state index in [-0.39, 0.29) is 5.75 Å². The fourth-order valence-corrected chi connectivity index (χ4v) is 2.59. The van der Waals surface area contributed by atoms with Crippen molar-refractivity contribution in [2.45, 2.75) is 26.6 Å². The zero-order chi connectivity index (χ0) is 19.3. The largest absolute Gasteiger partial charge is 0.573 e. The Morgan fingerprint density at radius 2 is 1.96 bits per heavy atom. The van der Waals surface area contributed by atoms with Gasteiger partial charge in [0.15, 0.2) is 0 Å². The summed E-state index contributed by atoms with van der Waals surface area (Å²) in [7, 11) is 1.91. The van der Waals surface area contributed by atoms with Gasteiger partial charge in [0.1, 0.15) is 5.75 Å². The molecule has 0 fully saturated rings. The van der Waals surface area contributed by atoms with Crippen LogP contribution in [0.1, 0.15) is 23.6 Å². The van der Waals surface area contributed by atoms with Crippen LogP contribution in [0.5, 0.6) is 5.75 Å². The Kier molecular flexibility index (Phi) is 6.53. The number of rotatable bonds is 6. The number of hydrogen-bond donors (Lipinski definition) is 0. The van der Waals surface area contributed by atoms with Crippen molar-refractivity contribution in [3.8, 4) is 5.75 Å². The second kappa shape index (κ2) is 8.45. The van der Waals surface area contributed by atoms with Gasteiger partial charge in [-0.15, -0.1) is 13.2 Å². The number of hydrogen-bond acceptors (Lipinski definition) is 2. The molecule has 0 aromatic heterocycles. The van der Waals surface area contributed by atoms with E-state index >= 15 is 0 Å². The molecule has 0 spiro atoms. The van der Waals surface area contributed by atoms with Gasteiger partial charge in [-0.3, -0.25) is 0 Å². The monoisotopic (exact) mass is 384 g/mol. The Morgan fingerprint density at radius 3 is 2.62 bits per heavy atom. The first-order valence-electron chi connectivity index (χ1n) is 8.06. The third-order valence-electron chi connectivity index (χ3n) is 3.87. The first-order chi connectivity index (χ1) is 12.2. The molecule has 2 rings (SSSR count). The number of nitrogens with zero attached hydrogens (tertiary/aromatic N) is 2. The molecule has 0 saturated heterocycles. The molecule has 0 saturated carbocycles. The smallest absolute Gasteiger partial charge is 0.406 e. The number of aliphatic imine (C=N–C) groups is 1. The lowest BCUT2D eigenvalue weighted by atomic mass is 9.99. The second-order valence-corrected chi connectivity index (χ2v) is 6.34. The average molecular weight is 385 g/mol. The number of halogens is 4. The minimum Gasteiger partial charge on any atom is -0.406 e. The van der Waals surface area contributed by atoms with Crippen molar-refractivity contribution in [2.24, 2.45) is 4.99 Å². The normalized spacial score (nSPS) is 11.8. The molecule has 0 unspecified atom stereocenters. The summed E-state index contributed by atoms with van der Waals surface area (Å²) in [5.74, 6) is -0.238. The van der Waals surface area contributed by atoms with Gasteiger partial charge in [-0.25, -0.2) is 4.99 Å². The Labute approximate surface area is 156 Å². The van der Waals surface area contributed by atoms with Crippen LogP contribution in [-0.2, 0) is 6.42 Å². The predicted molar refractivity (Wildman–Crippen MR) is 98.6 cm³/mol. The fourth-order valence-electron chi connectivity index (χ4n) is 2.35. The molecule has 2 aromatic carbocycles. The van der Waals surface area contributed by atoms with E-state index in [4.69, 9.17) is 11.6 Å². The topological polar surface area (TPSA) is 24.8 Å². The summed E-state index contributed by atoms with van der Waals surface area (Å²) in [4.78, 5) is 6.38. The van der Waals surface area contributed by atoms with Crippen molar-refractivity contribution in [3.63, 3.8) is 0 Å². The van der Waals surface area contributed by atoms with Crippen LogP contribution in [0.4, 0.5) is 18.9 Å². The molecule has 7 heteroatoms. The van der Waals surface area contributed by atoms with E-state index in [0.29, 0.717) is 17.0 Å². The van der Waals surface area contributed by atoms with Gasteiger partial charge in [0, 0.05) is 18.6 Å². The summed E-state index contributed by atoms with van der Waals surface area (Å²) in [6.45, 7) is 4.75. The molecular weight excluding hydrogens is 365 g/mol. The lowest BCUT2D eigenvalue weighted by Crippen LogP contribution is -2.17. The SMILES string of the molecule is CCN(C)C=Nc1cc(Cl)cc(Cc2cccc(OC(F)(F)F)c2)c1C. The molecule has 3 nitrogen and oxygen atoms in total. The molecule has 26 heavy (non-hydrogen) atoms. The number of alkyl halides is 3.